The van der Waals surface area contributed by atoms with Gasteiger partial charge in [0.25, 0.3) is 0 Å². The van der Waals surface area contributed by atoms with Gasteiger partial charge in [0.05, 0.1) is 0 Å². The fourth-order valence-corrected chi connectivity index (χ4v) is 2.41. The molecular formula is C21H27NO. The Morgan fingerprint density at radius 2 is 2.09 bits per heavy atom. The normalized spacial score (nSPS) is 14.8. The third kappa shape index (κ3) is 6.42. The summed E-state index contributed by atoms with van der Waals surface area (Å²) in [5.74, 6) is 6.47. The van der Waals surface area contributed by atoms with Crippen LogP contribution in [0.1, 0.15) is 56.5 Å². The van der Waals surface area contributed by atoms with Gasteiger partial charge in [-0.25, -0.2) is 0 Å². The smallest absolute Gasteiger partial charge is 0.159 e. The highest BCUT2D eigenvalue weighted by Crippen LogP contribution is 2.28. The molecule has 0 heterocycles. The quantitative estimate of drug-likeness (QED) is 0.571. The van der Waals surface area contributed by atoms with Crippen molar-refractivity contribution in [2.45, 2.75) is 53.1 Å². The largest absolute Gasteiger partial charge is 0.295 e. The van der Waals surface area contributed by atoms with Crippen LogP contribution in [-0.4, -0.2) is 23.3 Å². The van der Waals surface area contributed by atoms with E-state index in [1.807, 2.05) is 24.3 Å². The van der Waals surface area contributed by atoms with Gasteiger partial charge < -0.3 is 0 Å². The number of carbonyl (C=O) groups excluding carboxylic acids is 1. The second kappa shape index (κ2) is 7.62. The first-order chi connectivity index (χ1) is 10.8. The number of allylic oxidation sites excluding steroid dienone is 1. The molecule has 1 aliphatic rings. The predicted molar refractivity (Wildman–Crippen MR) is 96.2 cm³/mol. The maximum atomic E-state index is 11.5. The molecule has 1 fully saturated rings. The number of nitrogens with zero attached hydrogens (tertiary/aromatic N) is 1. The molecule has 0 saturated heterocycles. The van der Waals surface area contributed by atoms with Crippen LogP contribution in [0, 0.1) is 17.3 Å². The molecule has 1 aromatic rings. The van der Waals surface area contributed by atoms with Crippen molar-refractivity contribution in [3.05, 3.63) is 47.5 Å². The van der Waals surface area contributed by atoms with Gasteiger partial charge in [-0.05, 0) is 58.2 Å². The number of Topliss-reactive ketones (excluding diaryl/α,β-unsaturated/α-hetero) is 1. The lowest BCUT2D eigenvalue weighted by Gasteiger charge is -2.20. The minimum Gasteiger partial charge on any atom is -0.295 e. The van der Waals surface area contributed by atoms with Gasteiger partial charge in [0.15, 0.2) is 5.78 Å². The first kappa shape index (κ1) is 17.5. The molecule has 0 spiro atoms. The zero-order chi connectivity index (χ0) is 16.9. The standard InChI is InChI=1S/C21H27NO/c1-17(23)19-10-8-9-18(15-19)16-22(20-11-12-20)14-7-5-6-13-21(2,3)4/h5,7-10,15,20H,11-12,14,16H2,1-4H3/b7-5+. The third-order valence-corrected chi connectivity index (χ3v) is 3.77. The summed E-state index contributed by atoms with van der Waals surface area (Å²) < 4.78 is 0. The SMILES string of the molecule is CC(=O)c1cccc(CN(C/C=C/C#CC(C)(C)C)C2CC2)c1. The number of hydrogen-bond donors (Lipinski definition) is 0. The molecule has 0 N–H and O–H groups in total. The fraction of sp³-hybridized carbons (Fsp3) is 0.476. The zero-order valence-electron chi connectivity index (χ0n) is 14.7. The first-order valence-electron chi connectivity index (χ1n) is 8.37. The molecule has 0 unspecified atom stereocenters. The molecule has 23 heavy (non-hydrogen) atoms. The van der Waals surface area contributed by atoms with Gasteiger partial charge in [-0.3, -0.25) is 9.69 Å². The van der Waals surface area contributed by atoms with Crippen LogP contribution in [0.15, 0.2) is 36.4 Å². The molecule has 1 aromatic carbocycles. The molecule has 0 aliphatic heterocycles. The molecule has 2 rings (SSSR count). The van der Waals surface area contributed by atoms with Crippen molar-refractivity contribution in [3.63, 3.8) is 0 Å². The monoisotopic (exact) mass is 309 g/mol. The van der Waals surface area contributed by atoms with Crippen LogP contribution in [0.5, 0.6) is 0 Å². The molecule has 1 saturated carbocycles. The Labute approximate surface area is 140 Å². The molecule has 0 atom stereocenters. The highest BCUT2D eigenvalue weighted by atomic mass is 16.1. The van der Waals surface area contributed by atoms with E-state index in [1.54, 1.807) is 6.92 Å². The van der Waals surface area contributed by atoms with Crippen LogP contribution in [0.4, 0.5) is 0 Å². The number of ketones is 1. The van der Waals surface area contributed by atoms with E-state index in [-0.39, 0.29) is 11.2 Å². The van der Waals surface area contributed by atoms with Crippen molar-refractivity contribution in [2.24, 2.45) is 5.41 Å². The molecule has 1 aliphatic carbocycles. The van der Waals surface area contributed by atoms with E-state index >= 15 is 0 Å². The topological polar surface area (TPSA) is 20.3 Å². The van der Waals surface area contributed by atoms with E-state index < -0.39 is 0 Å². The van der Waals surface area contributed by atoms with E-state index in [0.29, 0.717) is 6.04 Å². The zero-order valence-corrected chi connectivity index (χ0v) is 14.7. The summed E-state index contributed by atoms with van der Waals surface area (Å²) in [6, 6.07) is 8.65. The number of hydrogen-bond acceptors (Lipinski definition) is 2. The fourth-order valence-electron chi connectivity index (χ4n) is 2.41. The lowest BCUT2D eigenvalue weighted by molar-refractivity contribution is 0.101. The summed E-state index contributed by atoms with van der Waals surface area (Å²) >= 11 is 0. The van der Waals surface area contributed by atoms with Crippen molar-refractivity contribution in [2.75, 3.05) is 6.54 Å². The molecule has 0 aromatic heterocycles. The highest BCUT2D eigenvalue weighted by molar-refractivity contribution is 5.94. The average molecular weight is 309 g/mol. The molecule has 2 heteroatoms. The Bertz CT molecular complexity index is 636. The second-order valence-electron chi connectivity index (χ2n) is 7.34. The van der Waals surface area contributed by atoms with Crippen LogP contribution in [-0.2, 0) is 6.54 Å². The van der Waals surface area contributed by atoms with Crippen LogP contribution in [0.3, 0.4) is 0 Å². The van der Waals surface area contributed by atoms with Crippen molar-refractivity contribution in [1.29, 1.82) is 0 Å². The van der Waals surface area contributed by atoms with E-state index in [0.717, 1.165) is 18.7 Å². The van der Waals surface area contributed by atoms with Gasteiger partial charge in [0.2, 0.25) is 0 Å². The summed E-state index contributed by atoms with van der Waals surface area (Å²) in [6.45, 7) is 9.77. The highest BCUT2D eigenvalue weighted by Gasteiger charge is 2.28. The maximum Gasteiger partial charge on any atom is 0.159 e. The summed E-state index contributed by atoms with van der Waals surface area (Å²) in [7, 11) is 0. The van der Waals surface area contributed by atoms with E-state index in [2.05, 4.69) is 49.7 Å². The second-order valence-corrected chi connectivity index (χ2v) is 7.34. The summed E-state index contributed by atoms with van der Waals surface area (Å²) in [6.07, 6.45) is 6.65. The Morgan fingerprint density at radius 1 is 1.35 bits per heavy atom. The van der Waals surface area contributed by atoms with E-state index in [4.69, 9.17) is 0 Å². The number of benzene rings is 1. The average Bonchev–Trinajstić information content (AvgIpc) is 3.29. The predicted octanol–water partition coefficient (Wildman–Crippen LogP) is 4.46. The maximum absolute atomic E-state index is 11.5. The van der Waals surface area contributed by atoms with E-state index in [9.17, 15) is 4.79 Å². The Kier molecular flexibility index (Phi) is 5.80. The van der Waals surface area contributed by atoms with Crippen molar-refractivity contribution < 1.29 is 4.79 Å². The summed E-state index contributed by atoms with van der Waals surface area (Å²) in [5.41, 5.74) is 2.05. The molecule has 0 radical (unpaired) electrons. The molecule has 2 nitrogen and oxygen atoms in total. The van der Waals surface area contributed by atoms with Crippen molar-refractivity contribution in [3.8, 4) is 11.8 Å². The molecule has 0 amide bonds. The van der Waals surface area contributed by atoms with Gasteiger partial charge in [-0.2, -0.15) is 0 Å². The Morgan fingerprint density at radius 3 is 2.70 bits per heavy atom. The minimum atomic E-state index is 0.0493. The van der Waals surface area contributed by atoms with Crippen LogP contribution < -0.4 is 0 Å². The van der Waals surface area contributed by atoms with Crippen LogP contribution in [0.25, 0.3) is 0 Å². The summed E-state index contributed by atoms with van der Waals surface area (Å²) in [4.78, 5) is 14.0. The van der Waals surface area contributed by atoms with Gasteiger partial charge in [0, 0.05) is 30.1 Å². The molecule has 0 bridgehead atoms. The third-order valence-electron chi connectivity index (χ3n) is 3.77. The Balaban J connectivity index is 1.97. The molecular weight excluding hydrogens is 282 g/mol. The van der Waals surface area contributed by atoms with Crippen molar-refractivity contribution >= 4 is 5.78 Å². The Hall–Kier alpha value is -1.85. The van der Waals surface area contributed by atoms with Crippen molar-refractivity contribution in [1.82, 2.24) is 4.90 Å². The van der Waals surface area contributed by atoms with E-state index in [1.165, 1.54) is 18.4 Å². The summed E-state index contributed by atoms with van der Waals surface area (Å²) in [5, 5.41) is 0. The number of rotatable bonds is 6. The van der Waals surface area contributed by atoms with Gasteiger partial charge >= 0.3 is 0 Å². The number of carbonyl (C=O) groups is 1. The van der Waals surface area contributed by atoms with Gasteiger partial charge in [-0.15, -0.1) is 0 Å². The lowest BCUT2D eigenvalue weighted by Crippen LogP contribution is -2.25. The lowest BCUT2D eigenvalue weighted by atomic mass is 9.98. The van der Waals surface area contributed by atoms with Gasteiger partial charge in [-0.1, -0.05) is 36.1 Å². The first-order valence-corrected chi connectivity index (χ1v) is 8.37. The van der Waals surface area contributed by atoms with Crippen LogP contribution in [0.2, 0.25) is 0 Å². The minimum absolute atomic E-state index is 0.0493. The van der Waals surface area contributed by atoms with Gasteiger partial charge in [0.1, 0.15) is 0 Å². The molecule has 122 valence electrons. The van der Waals surface area contributed by atoms with Crippen LogP contribution >= 0.6 is 0 Å².